The highest BCUT2D eigenvalue weighted by atomic mass is 16.5. The zero-order valence-electron chi connectivity index (χ0n) is 11.9. The van der Waals surface area contributed by atoms with Gasteiger partial charge in [0.1, 0.15) is 11.8 Å². The van der Waals surface area contributed by atoms with E-state index in [4.69, 9.17) is 9.15 Å². The van der Waals surface area contributed by atoms with Gasteiger partial charge in [-0.25, -0.2) is 4.79 Å². The van der Waals surface area contributed by atoms with Gasteiger partial charge in [-0.15, -0.1) is 10.2 Å². The van der Waals surface area contributed by atoms with Crippen molar-refractivity contribution in [3.8, 4) is 0 Å². The van der Waals surface area contributed by atoms with Crippen LogP contribution in [0.4, 0.5) is 10.7 Å². The Hall–Kier alpha value is -2.87. The molecule has 0 saturated heterocycles. The number of nitrogens with zero attached hydrogens (tertiary/aromatic N) is 3. The number of hydrogen-bond acceptors (Lipinski definition) is 5. The van der Waals surface area contributed by atoms with Crippen LogP contribution in [-0.2, 0) is 4.74 Å². The maximum absolute atomic E-state index is 12.1. The van der Waals surface area contributed by atoms with Crippen LogP contribution in [0.15, 0.2) is 47.2 Å². The highest BCUT2D eigenvalue weighted by Crippen LogP contribution is 2.14. The van der Waals surface area contributed by atoms with Gasteiger partial charge in [0, 0.05) is 13.3 Å². The lowest BCUT2D eigenvalue weighted by molar-refractivity contribution is 0.159. The van der Waals surface area contributed by atoms with Crippen LogP contribution in [-0.4, -0.2) is 34.3 Å². The van der Waals surface area contributed by atoms with Gasteiger partial charge in [-0.1, -0.05) is 6.07 Å². The summed E-state index contributed by atoms with van der Waals surface area (Å²) in [6.07, 6.45) is 3.31. The first-order valence-electron chi connectivity index (χ1n) is 6.67. The van der Waals surface area contributed by atoms with E-state index in [1.807, 2.05) is 12.1 Å². The number of methoxy groups -OCH3 is 1. The van der Waals surface area contributed by atoms with Crippen molar-refractivity contribution in [2.24, 2.45) is 0 Å². The van der Waals surface area contributed by atoms with Crippen LogP contribution in [0.25, 0.3) is 5.65 Å². The smallest absolute Gasteiger partial charge is 0.322 e. The Balaban J connectivity index is 1.71. The van der Waals surface area contributed by atoms with E-state index in [9.17, 15) is 4.79 Å². The molecule has 3 rings (SSSR count). The Morgan fingerprint density at radius 2 is 2.27 bits per heavy atom. The second kappa shape index (κ2) is 6.27. The molecular formula is C14H15N5O3. The molecule has 2 amide bonds. The summed E-state index contributed by atoms with van der Waals surface area (Å²) in [6, 6.07) is 8.19. The monoisotopic (exact) mass is 301 g/mol. The Labute approximate surface area is 126 Å². The Morgan fingerprint density at radius 3 is 3.05 bits per heavy atom. The van der Waals surface area contributed by atoms with Gasteiger partial charge in [-0.3, -0.25) is 9.72 Å². The molecule has 114 valence electrons. The zero-order valence-corrected chi connectivity index (χ0v) is 11.9. The molecule has 3 heterocycles. The lowest BCUT2D eigenvalue weighted by Gasteiger charge is -2.15. The molecule has 0 saturated carbocycles. The van der Waals surface area contributed by atoms with Crippen LogP contribution in [0, 0.1) is 0 Å². The van der Waals surface area contributed by atoms with Gasteiger partial charge in [-0.2, -0.15) is 0 Å². The summed E-state index contributed by atoms with van der Waals surface area (Å²) >= 11 is 0. The normalized spacial score (nSPS) is 12.2. The number of amides is 2. The summed E-state index contributed by atoms with van der Waals surface area (Å²) < 4.78 is 12.1. The highest BCUT2D eigenvalue weighted by molar-refractivity contribution is 5.88. The third-order valence-electron chi connectivity index (χ3n) is 3.06. The van der Waals surface area contributed by atoms with Crippen molar-refractivity contribution in [1.29, 1.82) is 0 Å². The van der Waals surface area contributed by atoms with Gasteiger partial charge in [0.15, 0.2) is 5.65 Å². The molecule has 0 bridgehead atoms. The largest absolute Gasteiger partial charge is 0.467 e. The first kappa shape index (κ1) is 14.1. The average Bonchev–Trinajstić information content (AvgIpc) is 3.17. The van der Waals surface area contributed by atoms with E-state index >= 15 is 0 Å². The quantitative estimate of drug-likeness (QED) is 0.750. The van der Waals surface area contributed by atoms with Gasteiger partial charge >= 0.3 is 6.03 Å². The van der Waals surface area contributed by atoms with Crippen LogP contribution >= 0.6 is 0 Å². The molecule has 0 spiro atoms. The second-order valence-corrected chi connectivity index (χ2v) is 4.57. The fraction of sp³-hybridized carbons (Fsp3) is 0.214. The predicted octanol–water partition coefficient (Wildman–Crippen LogP) is 1.83. The van der Waals surface area contributed by atoms with E-state index < -0.39 is 6.03 Å². The lowest BCUT2D eigenvalue weighted by atomic mass is 10.2. The van der Waals surface area contributed by atoms with E-state index in [1.165, 1.54) is 0 Å². The number of nitrogens with one attached hydrogen (secondary N) is 2. The van der Waals surface area contributed by atoms with Gasteiger partial charge in [0.2, 0.25) is 5.95 Å². The maximum Gasteiger partial charge on any atom is 0.322 e. The summed E-state index contributed by atoms with van der Waals surface area (Å²) in [4.78, 5) is 12.1. The van der Waals surface area contributed by atoms with E-state index in [0.29, 0.717) is 24.0 Å². The first-order valence-corrected chi connectivity index (χ1v) is 6.67. The maximum atomic E-state index is 12.1. The van der Waals surface area contributed by atoms with Crippen molar-refractivity contribution in [3.05, 3.63) is 48.6 Å². The van der Waals surface area contributed by atoms with Gasteiger partial charge in [0.25, 0.3) is 0 Å². The minimum Gasteiger partial charge on any atom is -0.467 e. The topological polar surface area (TPSA) is 93.7 Å². The zero-order chi connectivity index (χ0) is 15.4. The molecule has 2 N–H and O–H groups in total. The summed E-state index contributed by atoms with van der Waals surface area (Å²) in [7, 11) is 1.56. The van der Waals surface area contributed by atoms with Gasteiger partial charge < -0.3 is 14.5 Å². The minimum absolute atomic E-state index is 0.293. The van der Waals surface area contributed by atoms with Crippen molar-refractivity contribution < 1.29 is 13.9 Å². The molecule has 0 unspecified atom stereocenters. The van der Waals surface area contributed by atoms with Crippen LogP contribution in [0.5, 0.6) is 0 Å². The van der Waals surface area contributed by atoms with E-state index in [-0.39, 0.29) is 6.04 Å². The highest BCUT2D eigenvalue weighted by Gasteiger charge is 2.18. The first-order chi connectivity index (χ1) is 10.8. The van der Waals surface area contributed by atoms with Crippen LogP contribution in [0.1, 0.15) is 11.8 Å². The number of rotatable bonds is 5. The van der Waals surface area contributed by atoms with Crippen molar-refractivity contribution in [2.75, 3.05) is 19.0 Å². The molecule has 0 radical (unpaired) electrons. The number of urea groups is 1. The van der Waals surface area contributed by atoms with Crippen LogP contribution < -0.4 is 10.6 Å². The van der Waals surface area contributed by atoms with Gasteiger partial charge in [0.05, 0.1) is 12.9 Å². The third-order valence-corrected chi connectivity index (χ3v) is 3.06. The van der Waals surface area contributed by atoms with Crippen molar-refractivity contribution in [1.82, 2.24) is 19.9 Å². The number of carbonyl (C=O) groups excluding carboxylic acids is 1. The lowest BCUT2D eigenvalue weighted by Crippen LogP contribution is -2.35. The molecule has 8 nitrogen and oxygen atoms in total. The number of fused-ring (bicyclic) bond motifs is 1. The summed E-state index contributed by atoms with van der Waals surface area (Å²) in [5.41, 5.74) is 0.650. The number of aromatic nitrogens is 3. The number of anilines is 1. The summed E-state index contributed by atoms with van der Waals surface area (Å²) in [5, 5.41) is 13.3. The van der Waals surface area contributed by atoms with E-state index in [0.717, 1.165) is 0 Å². The Morgan fingerprint density at radius 1 is 1.36 bits per heavy atom. The van der Waals surface area contributed by atoms with Gasteiger partial charge in [-0.05, 0) is 24.3 Å². The molecule has 3 aromatic rings. The standard InChI is InChI=1S/C14H15N5O3/c1-21-9-10(11-5-4-8-22-11)15-14(20)16-13-18-17-12-6-2-3-7-19(12)13/h2-8,10H,9H2,1H3,(H2,15,16,18,20)/t10-/m0/s1. The molecule has 1 atom stereocenters. The molecule has 8 heteroatoms. The molecular weight excluding hydrogens is 286 g/mol. The van der Waals surface area contributed by atoms with Crippen molar-refractivity contribution in [3.63, 3.8) is 0 Å². The van der Waals surface area contributed by atoms with Crippen LogP contribution in [0.3, 0.4) is 0 Å². The molecule has 22 heavy (non-hydrogen) atoms. The number of carbonyl (C=O) groups is 1. The van der Waals surface area contributed by atoms with E-state index in [2.05, 4.69) is 20.8 Å². The summed E-state index contributed by atoms with van der Waals surface area (Å²) in [5.74, 6) is 0.951. The third kappa shape index (κ3) is 2.91. The van der Waals surface area contributed by atoms with Crippen molar-refractivity contribution >= 4 is 17.6 Å². The molecule has 3 aromatic heterocycles. The van der Waals surface area contributed by atoms with E-state index in [1.54, 1.807) is 42.2 Å². The Kier molecular flexibility index (Phi) is 4.01. The number of furan rings is 1. The SMILES string of the molecule is COC[C@H](NC(=O)Nc1nnc2ccccn12)c1ccco1. The second-order valence-electron chi connectivity index (χ2n) is 4.57. The molecule has 0 fully saturated rings. The molecule has 0 aliphatic rings. The fourth-order valence-electron chi connectivity index (χ4n) is 2.07. The number of hydrogen-bond donors (Lipinski definition) is 2. The van der Waals surface area contributed by atoms with Crippen molar-refractivity contribution in [2.45, 2.75) is 6.04 Å². The fourth-order valence-corrected chi connectivity index (χ4v) is 2.07. The molecule has 0 aliphatic heterocycles. The van der Waals surface area contributed by atoms with Crippen LogP contribution in [0.2, 0.25) is 0 Å². The average molecular weight is 301 g/mol. The number of ether oxygens (including phenoxy) is 1. The number of pyridine rings is 1. The Bertz CT molecular complexity index is 753. The molecule has 0 aromatic carbocycles. The molecule has 0 aliphatic carbocycles. The predicted molar refractivity (Wildman–Crippen MR) is 78.5 cm³/mol. The summed E-state index contributed by atoms with van der Waals surface area (Å²) in [6.45, 7) is 0.293. The minimum atomic E-state index is -0.420.